The van der Waals surface area contributed by atoms with Gasteiger partial charge in [-0.05, 0) is 11.1 Å². The van der Waals surface area contributed by atoms with Crippen LogP contribution in [0.3, 0.4) is 0 Å². The first-order valence-corrected chi connectivity index (χ1v) is 5.88. The zero-order valence-corrected chi connectivity index (χ0v) is 11.1. The molecule has 0 aliphatic heterocycles. The molecule has 0 aromatic carbocycles. The van der Waals surface area contributed by atoms with Gasteiger partial charge in [-0.2, -0.15) is 0 Å². The molecule has 20 heavy (non-hydrogen) atoms. The van der Waals surface area contributed by atoms with Crippen LogP contribution in [0.15, 0.2) is 36.7 Å². The van der Waals surface area contributed by atoms with Crippen molar-refractivity contribution in [2.75, 3.05) is 14.2 Å². The van der Waals surface area contributed by atoms with E-state index in [9.17, 15) is 9.90 Å². The van der Waals surface area contributed by atoms with E-state index >= 15 is 0 Å². The molecule has 2 aromatic rings. The highest BCUT2D eigenvalue weighted by Gasteiger charge is 2.23. The highest BCUT2D eigenvalue weighted by atomic mass is 16.5. The predicted octanol–water partition coefficient (Wildman–Crippen LogP) is 1.71. The van der Waals surface area contributed by atoms with Crippen molar-refractivity contribution in [3.05, 3.63) is 47.8 Å². The van der Waals surface area contributed by atoms with Crippen molar-refractivity contribution in [1.82, 2.24) is 9.97 Å². The molecule has 2 heterocycles. The molecule has 2 aromatic heterocycles. The van der Waals surface area contributed by atoms with Crippen LogP contribution in [-0.4, -0.2) is 35.3 Å². The number of carboxylic acids is 1. The second-order valence-electron chi connectivity index (χ2n) is 4.04. The van der Waals surface area contributed by atoms with E-state index in [1.807, 2.05) is 0 Å². The summed E-state index contributed by atoms with van der Waals surface area (Å²) in [7, 11) is 3.01. The molecule has 0 atom stereocenters. The van der Waals surface area contributed by atoms with Gasteiger partial charge >= 0.3 is 5.97 Å². The van der Waals surface area contributed by atoms with Crippen LogP contribution in [0, 0.1) is 0 Å². The fourth-order valence-corrected chi connectivity index (χ4v) is 1.84. The lowest BCUT2D eigenvalue weighted by atomic mass is 9.94. The number of hydrogen-bond donors (Lipinski definition) is 1. The Labute approximate surface area is 116 Å². The highest BCUT2D eigenvalue weighted by Crippen LogP contribution is 2.26. The third-order valence-corrected chi connectivity index (χ3v) is 2.85. The van der Waals surface area contributed by atoms with Crippen molar-refractivity contribution in [2.24, 2.45) is 0 Å². The second-order valence-corrected chi connectivity index (χ2v) is 4.04. The Kier molecular flexibility index (Phi) is 4.14. The van der Waals surface area contributed by atoms with Crippen LogP contribution in [0.1, 0.15) is 17.0 Å². The van der Waals surface area contributed by atoms with Crippen molar-refractivity contribution in [3.8, 4) is 11.8 Å². The van der Waals surface area contributed by atoms with E-state index in [-0.39, 0.29) is 0 Å². The van der Waals surface area contributed by atoms with Gasteiger partial charge in [0.15, 0.2) is 0 Å². The first kappa shape index (κ1) is 13.8. The highest BCUT2D eigenvalue weighted by molar-refractivity contribution is 5.80. The third-order valence-electron chi connectivity index (χ3n) is 2.85. The van der Waals surface area contributed by atoms with Gasteiger partial charge in [0.05, 0.1) is 14.2 Å². The first-order valence-electron chi connectivity index (χ1n) is 5.88. The summed E-state index contributed by atoms with van der Waals surface area (Å²) in [5, 5.41) is 9.42. The summed E-state index contributed by atoms with van der Waals surface area (Å²) in [6, 6.07) is 6.61. The van der Waals surface area contributed by atoms with Crippen LogP contribution in [-0.2, 0) is 4.79 Å². The fraction of sp³-hybridized carbons (Fsp3) is 0.214. The number of aromatic nitrogens is 2. The molecule has 1 N–H and O–H groups in total. The molecule has 0 saturated heterocycles. The summed E-state index contributed by atoms with van der Waals surface area (Å²) in [4.78, 5) is 19.5. The second kappa shape index (κ2) is 6.01. The smallest absolute Gasteiger partial charge is 0.315 e. The Hall–Kier alpha value is -2.63. The van der Waals surface area contributed by atoms with Gasteiger partial charge in [0.1, 0.15) is 5.92 Å². The Morgan fingerprint density at radius 3 is 1.70 bits per heavy atom. The quantitative estimate of drug-likeness (QED) is 0.893. The van der Waals surface area contributed by atoms with Crippen molar-refractivity contribution in [3.63, 3.8) is 0 Å². The Morgan fingerprint density at radius 1 is 1.00 bits per heavy atom. The number of carbonyl (C=O) groups is 1. The van der Waals surface area contributed by atoms with E-state index < -0.39 is 11.9 Å². The van der Waals surface area contributed by atoms with Crippen molar-refractivity contribution >= 4 is 5.97 Å². The minimum Gasteiger partial charge on any atom is -0.481 e. The largest absolute Gasteiger partial charge is 0.481 e. The molecule has 0 aliphatic carbocycles. The van der Waals surface area contributed by atoms with Gasteiger partial charge in [-0.1, -0.05) is 12.1 Å². The zero-order chi connectivity index (χ0) is 14.5. The molecular weight excluding hydrogens is 260 g/mol. The molecule has 0 fully saturated rings. The van der Waals surface area contributed by atoms with Crippen LogP contribution in [0.25, 0.3) is 0 Å². The summed E-state index contributed by atoms with van der Waals surface area (Å²) < 4.78 is 9.92. The van der Waals surface area contributed by atoms with E-state index in [2.05, 4.69) is 9.97 Å². The molecular formula is C14H14N2O4. The number of aliphatic carboxylic acids is 1. The van der Waals surface area contributed by atoms with E-state index in [1.54, 1.807) is 24.3 Å². The number of rotatable bonds is 5. The maximum absolute atomic E-state index is 11.5. The molecule has 0 spiro atoms. The maximum atomic E-state index is 11.5. The number of methoxy groups -OCH3 is 2. The third kappa shape index (κ3) is 2.85. The number of hydrogen-bond acceptors (Lipinski definition) is 5. The summed E-state index contributed by atoms with van der Waals surface area (Å²) in [6.45, 7) is 0. The zero-order valence-electron chi connectivity index (χ0n) is 11.1. The van der Waals surface area contributed by atoms with Crippen LogP contribution in [0.2, 0.25) is 0 Å². The minimum atomic E-state index is -0.969. The Balaban J connectivity index is 2.36. The maximum Gasteiger partial charge on any atom is 0.315 e. The monoisotopic (exact) mass is 274 g/mol. The average molecular weight is 274 g/mol. The number of nitrogens with zero attached hydrogens (tertiary/aromatic N) is 2. The molecule has 0 saturated carbocycles. The van der Waals surface area contributed by atoms with E-state index in [1.165, 1.54) is 26.6 Å². The molecule has 104 valence electrons. The summed E-state index contributed by atoms with van der Waals surface area (Å²) >= 11 is 0. The normalized spacial score (nSPS) is 10.3. The van der Waals surface area contributed by atoms with Gasteiger partial charge in [0.2, 0.25) is 11.8 Å². The Bertz CT molecular complexity index is 534. The van der Waals surface area contributed by atoms with Gasteiger partial charge in [-0.25, -0.2) is 9.97 Å². The standard InChI is InChI=1S/C14H14N2O4/c1-19-11-5-3-9(7-15-11)13(14(17)18)10-4-6-12(20-2)16-8-10/h3-8,13H,1-2H3,(H,17,18). The summed E-state index contributed by atoms with van der Waals surface area (Å²) in [6.07, 6.45) is 2.98. The van der Waals surface area contributed by atoms with Crippen molar-refractivity contribution in [1.29, 1.82) is 0 Å². The van der Waals surface area contributed by atoms with Crippen LogP contribution in [0.4, 0.5) is 0 Å². The van der Waals surface area contributed by atoms with E-state index in [0.717, 1.165) is 0 Å². The average Bonchev–Trinajstić information content (AvgIpc) is 2.48. The van der Waals surface area contributed by atoms with E-state index in [4.69, 9.17) is 9.47 Å². The summed E-state index contributed by atoms with van der Waals surface area (Å²) in [5.41, 5.74) is 1.12. The molecule has 0 bridgehead atoms. The van der Waals surface area contributed by atoms with Crippen LogP contribution < -0.4 is 9.47 Å². The van der Waals surface area contributed by atoms with Crippen molar-refractivity contribution < 1.29 is 19.4 Å². The SMILES string of the molecule is COc1ccc(C(C(=O)O)c2ccc(OC)nc2)cn1. The van der Waals surface area contributed by atoms with Gasteiger partial charge < -0.3 is 14.6 Å². The lowest BCUT2D eigenvalue weighted by Gasteiger charge is -2.13. The number of ether oxygens (including phenoxy) is 2. The molecule has 0 unspecified atom stereocenters. The predicted molar refractivity (Wildman–Crippen MR) is 71.1 cm³/mol. The number of carboxylic acid groups (broad SMARTS) is 1. The van der Waals surface area contributed by atoms with Gasteiger partial charge in [-0.15, -0.1) is 0 Å². The molecule has 0 amide bonds. The van der Waals surface area contributed by atoms with Crippen LogP contribution in [0.5, 0.6) is 11.8 Å². The molecule has 6 heteroatoms. The molecule has 6 nitrogen and oxygen atoms in total. The molecule has 2 rings (SSSR count). The number of pyridine rings is 2. The van der Waals surface area contributed by atoms with Crippen molar-refractivity contribution in [2.45, 2.75) is 5.92 Å². The minimum absolute atomic E-state index is 0.436. The summed E-state index contributed by atoms with van der Waals surface area (Å²) in [5.74, 6) is -0.924. The lowest BCUT2D eigenvalue weighted by molar-refractivity contribution is -0.137. The Morgan fingerprint density at radius 2 is 1.45 bits per heavy atom. The topological polar surface area (TPSA) is 81.5 Å². The van der Waals surface area contributed by atoms with Crippen LogP contribution >= 0.6 is 0 Å². The van der Waals surface area contributed by atoms with Gasteiger partial charge in [0, 0.05) is 24.5 Å². The molecule has 0 aliphatic rings. The fourth-order valence-electron chi connectivity index (χ4n) is 1.84. The molecule has 0 radical (unpaired) electrons. The van der Waals surface area contributed by atoms with E-state index in [0.29, 0.717) is 22.9 Å². The lowest BCUT2D eigenvalue weighted by Crippen LogP contribution is -2.13. The first-order chi connectivity index (χ1) is 9.65. The van der Waals surface area contributed by atoms with Gasteiger partial charge in [-0.3, -0.25) is 4.79 Å². The van der Waals surface area contributed by atoms with Gasteiger partial charge in [0.25, 0.3) is 0 Å².